The molecule has 14 heavy (non-hydrogen) atoms. The maximum atomic E-state index is 5.30. The van der Waals surface area contributed by atoms with Crippen LogP contribution in [-0.2, 0) is 17.8 Å². The van der Waals surface area contributed by atoms with E-state index in [1.54, 1.807) is 7.11 Å². The Balaban J connectivity index is 2.88. The summed E-state index contributed by atoms with van der Waals surface area (Å²) in [5.74, 6) is 6.59. The molecule has 5 heteroatoms. The van der Waals surface area contributed by atoms with Gasteiger partial charge in [0.1, 0.15) is 12.4 Å². The van der Waals surface area contributed by atoms with Crippen LogP contribution in [0.1, 0.15) is 24.9 Å². The summed E-state index contributed by atoms with van der Waals surface area (Å²) in [7, 11) is 1.62. The molecule has 5 nitrogen and oxygen atoms in total. The maximum Gasteiger partial charge on any atom is 0.156 e. The van der Waals surface area contributed by atoms with Gasteiger partial charge in [0, 0.05) is 18.9 Å². The fraction of sp³-hybridized carbons (Fsp3) is 0.556. The van der Waals surface area contributed by atoms with E-state index in [0.717, 1.165) is 18.5 Å². The quantitative estimate of drug-likeness (QED) is 0.539. The molecule has 0 unspecified atom stereocenters. The minimum absolute atomic E-state index is 0.409. The number of rotatable bonds is 5. The van der Waals surface area contributed by atoms with E-state index in [1.807, 2.05) is 6.07 Å². The van der Waals surface area contributed by atoms with Crippen molar-refractivity contribution >= 4 is 5.82 Å². The van der Waals surface area contributed by atoms with E-state index in [4.69, 9.17) is 10.6 Å². The number of hydrogen-bond acceptors (Lipinski definition) is 5. The first-order valence-electron chi connectivity index (χ1n) is 4.62. The fourth-order valence-electron chi connectivity index (χ4n) is 1.20. The maximum absolute atomic E-state index is 5.30. The lowest BCUT2D eigenvalue weighted by molar-refractivity contribution is 0.177. The van der Waals surface area contributed by atoms with Crippen LogP contribution in [0, 0.1) is 0 Å². The molecule has 0 aromatic carbocycles. The molecule has 0 saturated carbocycles. The zero-order valence-corrected chi connectivity index (χ0v) is 8.58. The summed E-state index contributed by atoms with van der Waals surface area (Å²) in [6.45, 7) is 2.51. The Labute approximate surface area is 83.7 Å². The molecular formula is C9H16N4O. The van der Waals surface area contributed by atoms with Crippen molar-refractivity contribution in [3.05, 3.63) is 17.6 Å². The second-order valence-corrected chi connectivity index (χ2v) is 2.99. The van der Waals surface area contributed by atoms with Crippen molar-refractivity contribution in [2.75, 3.05) is 12.5 Å². The van der Waals surface area contributed by atoms with Crippen molar-refractivity contribution in [3.8, 4) is 0 Å². The van der Waals surface area contributed by atoms with E-state index >= 15 is 0 Å². The molecule has 0 aliphatic heterocycles. The number of nitrogen functional groups attached to an aromatic ring is 1. The second-order valence-electron chi connectivity index (χ2n) is 2.99. The summed E-state index contributed by atoms with van der Waals surface area (Å²) < 4.78 is 4.97. The van der Waals surface area contributed by atoms with Crippen LogP contribution in [-0.4, -0.2) is 17.1 Å². The molecule has 1 rings (SSSR count). The molecular weight excluding hydrogens is 180 g/mol. The number of aromatic nitrogens is 2. The average Bonchev–Trinajstić information content (AvgIpc) is 2.18. The van der Waals surface area contributed by atoms with Gasteiger partial charge in [-0.25, -0.2) is 15.8 Å². The first kappa shape index (κ1) is 10.9. The number of nitrogens with zero attached hydrogens (tertiary/aromatic N) is 2. The molecule has 1 aromatic heterocycles. The van der Waals surface area contributed by atoms with E-state index < -0.39 is 0 Å². The van der Waals surface area contributed by atoms with Crippen molar-refractivity contribution in [2.45, 2.75) is 26.4 Å². The molecule has 0 fully saturated rings. The van der Waals surface area contributed by atoms with E-state index in [9.17, 15) is 0 Å². The van der Waals surface area contributed by atoms with Gasteiger partial charge in [-0.05, 0) is 6.42 Å². The number of methoxy groups -OCH3 is 1. The summed E-state index contributed by atoms with van der Waals surface area (Å²) >= 11 is 0. The SMILES string of the molecule is CCCc1cc(NN)nc(COC)n1. The highest BCUT2D eigenvalue weighted by atomic mass is 16.5. The Morgan fingerprint density at radius 2 is 2.29 bits per heavy atom. The van der Waals surface area contributed by atoms with Gasteiger partial charge in [-0.1, -0.05) is 13.3 Å². The number of hydrogen-bond donors (Lipinski definition) is 2. The molecule has 0 spiro atoms. The van der Waals surface area contributed by atoms with E-state index in [-0.39, 0.29) is 0 Å². The monoisotopic (exact) mass is 196 g/mol. The Morgan fingerprint density at radius 3 is 2.86 bits per heavy atom. The van der Waals surface area contributed by atoms with Crippen molar-refractivity contribution in [2.24, 2.45) is 5.84 Å². The minimum atomic E-state index is 0.409. The Kier molecular flexibility index (Phi) is 4.28. The Bertz CT molecular complexity index is 266. The van der Waals surface area contributed by atoms with E-state index in [2.05, 4.69) is 22.3 Å². The lowest BCUT2D eigenvalue weighted by Crippen LogP contribution is -2.12. The third-order valence-corrected chi connectivity index (χ3v) is 1.75. The lowest BCUT2D eigenvalue weighted by atomic mass is 10.2. The molecule has 0 aliphatic rings. The topological polar surface area (TPSA) is 73.1 Å². The number of ether oxygens (including phenoxy) is 1. The molecule has 0 saturated heterocycles. The predicted molar refractivity (Wildman–Crippen MR) is 54.6 cm³/mol. The van der Waals surface area contributed by atoms with Gasteiger partial charge in [0.2, 0.25) is 0 Å². The third-order valence-electron chi connectivity index (χ3n) is 1.75. The van der Waals surface area contributed by atoms with Gasteiger partial charge >= 0.3 is 0 Å². The molecule has 3 N–H and O–H groups in total. The van der Waals surface area contributed by atoms with Gasteiger partial charge in [-0.2, -0.15) is 0 Å². The predicted octanol–water partition coefficient (Wildman–Crippen LogP) is 0.861. The molecule has 0 amide bonds. The highest BCUT2D eigenvalue weighted by molar-refractivity contribution is 5.34. The first-order valence-corrected chi connectivity index (χ1v) is 4.62. The van der Waals surface area contributed by atoms with Crippen LogP contribution in [0.15, 0.2) is 6.07 Å². The van der Waals surface area contributed by atoms with Crippen LogP contribution < -0.4 is 11.3 Å². The molecule has 0 bridgehead atoms. The van der Waals surface area contributed by atoms with Gasteiger partial charge in [0.15, 0.2) is 5.82 Å². The number of nitrogens with one attached hydrogen (secondary N) is 1. The molecule has 0 atom stereocenters. The summed E-state index contributed by atoms with van der Waals surface area (Å²) in [6.07, 6.45) is 1.97. The highest BCUT2D eigenvalue weighted by Gasteiger charge is 2.02. The molecule has 0 aliphatic carbocycles. The summed E-state index contributed by atoms with van der Waals surface area (Å²) in [4.78, 5) is 8.48. The van der Waals surface area contributed by atoms with E-state index in [1.165, 1.54) is 0 Å². The number of hydrazine groups is 1. The van der Waals surface area contributed by atoms with Crippen molar-refractivity contribution < 1.29 is 4.74 Å². The Morgan fingerprint density at radius 1 is 1.50 bits per heavy atom. The van der Waals surface area contributed by atoms with Gasteiger partial charge < -0.3 is 10.2 Å². The van der Waals surface area contributed by atoms with Crippen LogP contribution >= 0.6 is 0 Å². The van der Waals surface area contributed by atoms with Gasteiger partial charge in [-0.3, -0.25) is 0 Å². The van der Waals surface area contributed by atoms with Crippen LogP contribution in [0.5, 0.6) is 0 Å². The summed E-state index contributed by atoms with van der Waals surface area (Å²) in [5, 5.41) is 0. The third kappa shape index (κ3) is 2.93. The number of anilines is 1. The standard InChI is InChI=1S/C9H16N4O/c1-3-4-7-5-8(13-10)12-9(11-7)6-14-2/h5H,3-4,6,10H2,1-2H3,(H,11,12,13). The average molecular weight is 196 g/mol. The molecule has 1 heterocycles. The smallest absolute Gasteiger partial charge is 0.156 e. The van der Waals surface area contributed by atoms with Crippen LogP contribution in [0.2, 0.25) is 0 Å². The zero-order chi connectivity index (χ0) is 10.4. The van der Waals surface area contributed by atoms with Crippen LogP contribution in [0.25, 0.3) is 0 Å². The van der Waals surface area contributed by atoms with Crippen molar-refractivity contribution in [1.82, 2.24) is 9.97 Å². The minimum Gasteiger partial charge on any atom is -0.377 e. The number of aryl methyl sites for hydroxylation is 1. The Hall–Kier alpha value is -1.20. The van der Waals surface area contributed by atoms with Crippen LogP contribution in [0.3, 0.4) is 0 Å². The van der Waals surface area contributed by atoms with Gasteiger partial charge in [-0.15, -0.1) is 0 Å². The van der Waals surface area contributed by atoms with E-state index in [0.29, 0.717) is 18.2 Å². The summed E-state index contributed by atoms with van der Waals surface area (Å²) in [6, 6.07) is 1.85. The lowest BCUT2D eigenvalue weighted by Gasteiger charge is -2.06. The second kappa shape index (κ2) is 5.51. The highest BCUT2D eigenvalue weighted by Crippen LogP contribution is 2.08. The normalized spacial score (nSPS) is 10.2. The molecule has 78 valence electrons. The first-order chi connectivity index (χ1) is 6.80. The zero-order valence-electron chi connectivity index (χ0n) is 8.58. The van der Waals surface area contributed by atoms with Gasteiger partial charge in [0.25, 0.3) is 0 Å². The van der Waals surface area contributed by atoms with Crippen molar-refractivity contribution in [1.29, 1.82) is 0 Å². The fourth-order valence-corrected chi connectivity index (χ4v) is 1.20. The summed E-state index contributed by atoms with van der Waals surface area (Å²) in [5.41, 5.74) is 3.51. The largest absolute Gasteiger partial charge is 0.377 e. The molecule has 1 aromatic rings. The number of nitrogens with two attached hydrogens (primary N) is 1. The van der Waals surface area contributed by atoms with Crippen molar-refractivity contribution in [3.63, 3.8) is 0 Å². The van der Waals surface area contributed by atoms with Crippen LogP contribution in [0.4, 0.5) is 5.82 Å². The van der Waals surface area contributed by atoms with Gasteiger partial charge in [0.05, 0.1) is 0 Å². The molecule has 0 radical (unpaired) electrons.